The highest BCUT2D eigenvalue weighted by molar-refractivity contribution is 7.90. The van der Waals surface area contributed by atoms with Crippen LogP contribution in [-0.4, -0.2) is 43.9 Å². The molecule has 1 aliphatic rings. The van der Waals surface area contributed by atoms with Crippen LogP contribution in [0.3, 0.4) is 0 Å². The monoisotopic (exact) mass is 321 g/mol. The van der Waals surface area contributed by atoms with E-state index < -0.39 is 15.3 Å². The van der Waals surface area contributed by atoms with E-state index in [4.69, 9.17) is 0 Å². The molecular formula is C15H19N3O3S. The number of rotatable bonds is 4. The Labute approximate surface area is 129 Å². The number of aromatic nitrogens is 1. The molecule has 1 saturated heterocycles. The number of nitrogens with zero attached hydrogens (tertiary/aromatic N) is 2. The summed E-state index contributed by atoms with van der Waals surface area (Å²) in [6.45, 7) is 0.887. The summed E-state index contributed by atoms with van der Waals surface area (Å²) in [5.74, 6) is 0.676. The van der Waals surface area contributed by atoms with Gasteiger partial charge >= 0.3 is 0 Å². The van der Waals surface area contributed by atoms with Gasteiger partial charge in [-0.1, -0.05) is 18.2 Å². The molecule has 0 radical (unpaired) electrons. The molecule has 0 aliphatic carbocycles. The first-order valence-corrected chi connectivity index (χ1v) is 8.76. The molecule has 3 rings (SSSR count). The van der Waals surface area contributed by atoms with E-state index in [1.54, 1.807) is 0 Å². The van der Waals surface area contributed by atoms with Crippen molar-refractivity contribution in [3.8, 4) is 0 Å². The molecule has 0 bridgehead atoms. The van der Waals surface area contributed by atoms with E-state index in [9.17, 15) is 13.5 Å². The number of aliphatic hydroxyl groups excluding tert-OH is 1. The molecule has 7 heteroatoms. The second-order valence-corrected chi connectivity index (χ2v) is 7.59. The minimum Gasteiger partial charge on any atom is -0.392 e. The summed E-state index contributed by atoms with van der Waals surface area (Å²) < 4.78 is 26.3. The smallest absolute Gasteiger partial charge is 0.216 e. The van der Waals surface area contributed by atoms with Crippen molar-refractivity contribution in [2.75, 3.05) is 25.0 Å². The lowest BCUT2D eigenvalue weighted by Gasteiger charge is -2.21. The Kier molecular flexibility index (Phi) is 4.03. The van der Waals surface area contributed by atoms with Gasteiger partial charge in [0.1, 0.15) is 5.82 Å². The molecule has 0 amide bonds. The molecule has 6 nitrogen and oxygen atoms in total. The number of nitrogens with one attached hydrogen (secondary N) is 1. The molecule has 0 saturated carbocycles. The van der Waals surface area contributed by atoms with Crippen LogP contribution in [0.5, 0.6) is 0 Å². The van der Waals surface area contributed by atoms with Gasteiger partial charge in [0.25, 0.3) is 0 Å². The lowest BCUT2D eigenvalue weighted by molar-refractivity contribution is 0.282. The van der Waals surface area contributed by atoms with Crippen LogP contribution in [0.15, 0.2) is 30.3 Å². The van der Waals surface area contributed by atoms with Gasteiger partial charge in [0.2, 0.25) is 10.0 Å². The summed E-state index contributed by atoms with van der Waals surface area (Å²) >= 11 is 0. The lowest BCUT2D eigenvalue weighted by atomic mass is 10.1. The van der Waals surface area contributed by atoms with Gasteiger partial charge in [0.05, 0.1) is 17.4 Å². The quantitative estimate of drug-likeness (QED) is 0.872. The van der Waals surface area contributed by atoms with Crippen molar-refractivity contribution in [3.05, 3.63) is 35.9 Å². The van der Waals surface area contributed by atoms with Crippen LogP contribution in [0.1, 0.15) is 12.0 Å². The first kappa shape index (κ1) is 15.2. The summed E-state index contributed by atoms with van der Waals surface area (Å²) in [6.07, 6.45) is 0.558. The van der Waals surface area contributed by atoms with Crippen LogP contribution in [0.25, 0.3) is 10.9 Å². The van der Waals surface area contributed by atoms with Crippen LogP contribution in [0, 0.1) is 0 Å². The van der Waals surface area contributed by atoms with Crippen molar-refractivity contribution in [2.45, 2.75) is 18.3 Å². The molecule has 0 spiro atoms. The van der Waals surface area contributed by atoms with Crippen LogP contribution in [-0.2, 0) is 16.6 Å². The molecule has 1 fully saturated rings. The lowest BCUT2D eigenvalue weighted by Crippen LogP contribution is -2.34. The van der Waals surface area contributed by atoms with Gasteiger partial charge in [-0.05, 0) is 25.6 Å². The van der Waals surface area contributed by atoms with Crippen LogP contribution in [0.4, 0.5) is 5.82 Å². The minimum atomic E-state index is -3.28. The second kappa shape index (κ2) is 5.83. The van der Waals surface area contributed by atoms with Gasteiger partial charge in [0.15, 0.2) is 0 Å². The normalized spacial score (nSPS) is 19.0. The molecule has 1 unspecified atom stereocenters. The van der Waals surface area contributed by atoms with E-state index in [1.807, 2.05) is 35.2 Å². The maximum atomic E-state index is 11.9. The molecule has 1 aromatic carbocycles. The third-order valence-electron chi connectivity index (χ3n) is 4.12. The first-order chi connectivity index (χ1) is 10.5. The van der Waals surface area contributed by atoms with Gasteiger partial charge in [-0.15, -0.1) is 0 Å². The largest absolute Gasteiger partial charge is 0.392 e. The number of anilines is 1. The standard InChI is InChI=1S/C15H19N3O3S/c1-16-22(20,21)13-6-7-18(9-13)15-12(10-19)8-11-4-2-3-5-14(11)17-15/h2-5,8,13,16,19H,6-7,9-10H2,1H3. The average Bonchev–Trinajstić information content (AvgIpc) is 3.04. The molecule has 2 N–H and O–H groups in total. The van der Waals surface area contributed by atoms with Crippen LogP contribution >= 0.6 is 0 Å². The van der Waals surface area contributed by atoms with Crippen molar-refractivity contribution < 1.29 is 13.5 Å². The predicted molar refractivity (Wildman–Crippen MR) is 86.3 cm³/mol. The van der Waals surface area contributed by atoms with Gasteiger partial charge in [0, 0.05) is 24.0 Å². The number of hydrogen-bond acceptors (Lipinski definition) is 5. The highest BCUT2D eigenvalue weighted by Gasteiger charge is 2.33. The van der Waals surface area contributed by atoms with E-state index in [0.717, 1.165) is 16.5 Å². The molecule has 1 aromatic heterocycles. The zero-order valence-electron chi connectivity index (χ0n) is 12.4. The van der Waals surface area contributed by atoms with Crippen molar-refractivity contribution in [2.24, 2.45) is 0 Å². The fourth-order valence-corrected chi connectivity index (χ4v) is 4.01. The molecule has 22 heavy (non-hydrogen) atoms. The second-order valence-electron chi connectivity index (χ2n) is 5.43. The predicted octanol–water partition coefficient (Wildman–Crippen LogP) is 0.855. The SMILES string of the molecule is CNS(=O)(=O)C1CCN(c2nc3ccccc3cc2CO)C1. The van der Waals surface area contributed by atoms with E-state index in [0.29, 0.717) is 25.3 Å². The summed E-state index contributed by atoms with van der Waals surface area (Å²) in [4.78, 5) is 6.56. The highest BCUT2D eigenvalue weighted by atomic mass is 32.2. The van der Waals surface area contributed by atoms with Gasteiger partial charge in [-0.2, -0.15) is 0 Å². The average molecular weight is 321 g/mol. The van der Waals surface area contributed by atoms with E-state index in [-0.39, 0.29) is 6.61 Å². The van der Waals surface area contributed by atoms with E-state index >= 15 is 0 Å². The summed E-state index contributed by atoms with van der Waals surface area (Å²) in [5, 5.41) is 10.1. The summed E-state index contributed by atoms with van der Waals surface area (Å²) in [7, 11) is -1.85. The molecular weight excluding hydrogens is 302 g/mol. The Morgan fingerprint density at radius 2 is 2.18 bits per heavy atom. The molecule has 118 valence electrons. The van der Waals surface area contributed by atoms with Crippen LogP contribution < -0.4 is 9.62 Å². The minimum absolute atomic E-state index is 0.118. The maximum Gasteiger partial charge on any atom is 0.216 e. The number of sulfonamides is 1. The highest BCUT2D eigenvalue weighted by Crippen LogP contribution is 2.28. The van der Waals surface area contributed by atoms with Gasteiger partial charge < -0.3 is 10.0 Å². The van der Waals surface area contributed by atoms with Gasteiger partial charge in [-0.25, -0.2) is 18.1 Å². The van der Waals surface area contributed by atoms with Crippen molar-refractivity contribution in [1.82, 2.24) is 9.71 Å². The zero-order chi connectivity index (χ0) is 15.7. The fourth-order valence-electron chi connectivity index (χ4n) is 2.88. The van der Waals surface area contributed by atoms with Crippen LogP contribution in [0.2, 0.25) is 0 Å². The van der Waals surface area contributed by atoms with E-state index in [1.165, 1.54) is 7.05 Å². The third-order valence-corrected chi connectivity index (χ3v) is 5.95. The molecule has 2 heterocycles. The topological polar surface area (TPSA) is 82.5 Å². The Morgan fingerprint density at radius 1 is 1.41 bits per heavy atom. The van der Waals surface area contributed by atoms with Gasteiger partial charge in [-0.3, -0.25) is 0 Å². The molecule has 1 atom stereocenters. The number of benzene rings is 1. The van der Waals surface area contributed by atoms with E-state index in [2.05, 4.69) is 9.71 Å². The summed E-state index contributed by atoms with van der Waals surface area (Å²) in [5.41, 5.74) is 1.57. The number of fused-ring (bicyclic) bond motifs is 1. The maximum absolute atomic E-state index is 11.9. The number of aliphatic hydroxyl groups is 1. The number of hydrogen-bond donors (Lipinski definition) is 2. The zero-order valence-corrected chi connectivity index (χ0v) is 13.2. The molecule has 2 aromatic rings. The van der Waals surface area contributed by atoms with Crippen molar-refractivity contribution in [1.29, 1.82) is 0 Å². The number of pyridine rings is 1. The number of para-hydroxylation sites is 1. The first-order valence-electron chi connectivity index (χ1n) is 7.22. The molecule has 1 aliphatic heterocycles. The Morgan fingerprint density at radius 3 is 2.91 bits per heavy atom. The Hall–Kier alpha value is -1.70. The third kappa shape index (κ3) is 2.67. The Bertz CT molecular complexity index is 792. The fraction of sp³-hybridized carbons (Fsp3) is 0.400. The van der Waals surface area contributed by atoms with Crippen molar-refractivity contribution in [3.63, 3.8) is 0 Å². The summed E-state index contributed by atoms with van der Waals surface area (Å²) in [6, 6.07) is 9.62. The van der Waals surface area contributed by atoms with Crippen molar-refractivity contribution >= 4 is 26.7 Å². The Balaban J connectivity index is 1.97.